The third-order valence-electron chi connectivity index (χ3n) is 3.39. The number of benzene rings is 2. The Labute approximate surface area is 119 Å². The minimum Gasteiger partial charge on any atom is -0.399 e. The molecule has 0 saturated carbocycles. The smallest absolute Gasteiger partial charge is 0.227 e. The number of hydrogen-bond donors (Lipinski definition) is 2. The number of nitrogens with one attached hydrogen (secondary N) is 1. The Morgan fingerprint density at radius 1 is 1.10 bits per heavy atom. The van der Waals surface area contributed by atoms with Crippen LogP contribution in [0.25, 0.3) is 0 Å². The molecule has 0 aliphatic carbocycles. The zero-order valence-corrected chi connectivity index (χ0v) is 11.7. The van der Waals surface area contributed by atoms with Crippen LogP contribution in [0, 0.1) is 0 Å². The van der Waals surface area contributed by atoms with Crippen molar-refractivity contribution in [3.05, 3.63) is 65.7 Å². The van der Waals surface area contributed by atoms with Crippen LogP contribution in [-0.2, 0) is 11.2 Å². The van der Waals surface area contributed by atoms with Crippen LogP contribution in [0.3, 0.4) is 0 Å². The van der Waals surface area contributed by atoms with Crippen LogP contribution >= 0.6 is 0 Å². The van der Waals surface area contributed by atoms with Gasteiger partial charge in [-0.25, -0.2) is 0 Å². The standard InChI is InChI=1S/C17H20N2O/c1-13(15-5-3-2-4-6-15)17(20)19-12-11-14-7-9-16(18)10-8-14/h2-10,13H,11-12,18H2,1H3,(H,19,20)/t13-/m1/s1. The Bertz CT molecular complexity index is 549. The summed E-state index contributed by atoms with van der Waals surface area (Å²) in [6.45, 7) is 2.56. The maximum Gasteiger partial charge on any atom is 0.227 e. The molecule has 0 aliphatic rings. The van der Waals surface area contributed by atoms with Crippen LogP contribution < -0.4 is 11.1 Å². The van der Waals surface area contributed by atoms with E-state index in [9.17, 15) is 4.79 Å². The third-order valence-corrected chi connectivity index (χ3v) is 3.39. The van der Waals surface area contributed by atoms with Gasteiger partial charge >= 0.3 is 0 Å². The molecule has 0 heterocycles. The third kappa shape index (κ3) is 3.85. The van der Waals surface area contributed by atoms with Crippen LogP contribution in [0.15, 0.2) is 54.6 Å². The Morgan fingerprint density at radius 3 is 2.40 bits per heavy atom. The van der Waals surface area contributed by atoms with Crippen molar-refractivity contribution in [3.63, 3.8) is 0 Å². The van der Waals surface area contributed by atoms with E-state index in [0.717, 1.165) is 17.7 Å². The van der Waals surface area contributed by atoms with Crippen molar-refractivity contribution in [3.8, 4) is 0 Å². The number of rotatable bonds is 5. The van der Waals surface area contributed by atoms with E-state index in [2.05, 4.69) is 5.32 Å². The predicted octanol–water partition coefficient (Wildman–Crippen LogP) is 2.73. The van der Waals surface area contributed by atoms with Gasteiger partial charge in [-0.15, -0.1) is 0 Å². The second-order valence-corrected chi connectivity index (χ2v) is 4.91. The van der Waals surface area contributed by atoms with E-state index >= 15 is 0 Å². The van der Waals surface area contributed by atoms with Gasteiger partial charge in [0, 0.05) is 12.2 Å². The van der Waals surface area contributed by atoms with E-state index in [1.807, 2.05) is 61.5 Å². The molecule has 0 unspecified atom stereocenters. The SMILES string of the molecule is C[C@@H](C(=O)NCCc1ccc(N)cc1)c1ccccc1. The fourth-order valence-corrected chi connectivity index (χ4v) is 2.06. The molecule has 20 heavy (non-hydrogen) atoms. The first-order valence-corrected chi connectivity index (χ1v) is 6.84. The van der Waals surface area contributed by atoms with Crippen LogP contribution in [-0.4, -0.2) is 12.5 Å². The fraction of sp³-hybridized carbons (Fsp3) is 0.235. The zero-order chi connectivity index (χ0) is 14.4. The molecule has 0 saturated heterocycles. The molecule has 0 bridgehead atoms. The van der Waals surface area contributed by atoms with Crippen molar-refractivity contribution in [2.75, 3.05) is 12.3 Å². The second kappa shape index (κ2) is 6.75. The summed E-state index contributed by atoms with van der Waals surface area (Å²) in [6.07, 6.45) is 0.813. The van der Waals surface area contributed by atoms with E-state index in [1.165, 1.54) is 5.56 Å². The Balaban J connectivity index is 1.82. The molecule has 3 N–H and O–H groups in total. The molecule has 1 atom stereocenters. The molecule has 0 aliphatic heterocycles. The quantitative estimate of drug-likeness (QED) is 0.819. The molecule has 104 valence electrons. The normalized spacial score (nSPS) is 11.8. The van der Waals surface area contributed by atoms with Crippen LogP contribution in [0.5, 0.6) is 0 Å². The molecule has 0 aromatic heterocycles. The van der Waals surface area contributed by atoms with Gasteiger partial charge in [0.1, 0.15) is 0 Å². The lowest BCUT2D eigenvalue weighted by atomic mass is 10.0. The monoisotopic (exact) mass is 268 g/mol. The maximum absolute atomic E-state index is 12.1. The first kappa shape index (κ1) is 14.1. The summed E-state index contributed by atoms with van der Waals surface area (Å²) in [6, 6.07) is 17.5. The first-order chi connectivity index (χ1) is 9.66. The molecule has 3 heteroatoms. The van der Waals surface area contributed by atoms with Crippen molar-refractivity contribution in [2.45, 2.75) is 19.3 Å². The van der Waals surface area contributed by atoms with Gasteiger partial charge in [-0.05, 0) is 36.6 Å². The Hall–Kier alpha value is -2.29. The van der Waals surface area contributed by atoms with Gasteiger partial charge in [-0.1, -0.05) is 42.5 Å². The van der Waals surface area contributed by atoms with Crippen LogP contribution in [0.2, 0.25) is 0 Å². The average Bonchev–Trinajstić information content (AvgIpc) is 2.49. The zero-order valence-electron chi connectivity index (χ0n) is 11.7. The minimum atomic E-state index is -0.123. The van der Waals surface area contributed by atoms with Crippen LogP contribution in [0.1, 0.15) is 24.0 Å². The van der Waals surface area contributed by atoms with E-state index in [1.54, 1.807) is 0 Å². The number of nitrogen functional groups attached to an aromatic ring is 1. The summed E-state index contributed by atoms with van der Waals surface area (Å²) < 4.78 is 0. The topological polar surface area (TPSA) is 55.1 Å². The highest BCUT2D eigenvalue weighted by Gasteiger charge is 2.13. The highest BCUT2D eigenvalue weighted by molar-refractivity contribution is 5.83. The van der Waals surface area contributed by atoms with E-state index in [4.69, 9.17) is 5.73 Å². The van der Waals surface area contributed by atoms with Gasteiger partial charge in [0.2, 0.25) is 5.91 Å². The molecular weight excluding hydrogens is 248 g/mol. The van der Waals surface area contributed by atoms with Gasteiger partial charge in [0.05, 0.1) is 5.92 Å². The summed E-state index contributed by atoms with van der Waals surface area (Å²) in [5.41, 5.74) is 8.61. The van der Waals surface area contributed by atoms with Gasteiger partial charge in [0.15, 0.2) is 0 Å². The Morgan fingerprint density at radius 2 is 1.75 bits per heavy atom. The molecule has 0 radical (unpaired) electrons. The minimum absolute atomic E-state index is 0.0617. The molecular formula is C17H20N2O. The summed E-state index contributed by atoms with van der Waals surface area (Å²) in [5, 5.41) is 2.97. The number of carbonyl (C=O) groups is 1. The van der Waals surface area contributed by atoms with E-state index < -0.39 is 0 Å². The maximum atomic E-state index is 12.1. The number of anilines is 1. The van der Waals surface area contributed by atoms with Crippen molar-refractivity contribution < 1.29 is 4.79 Å². The number of hydrogen-bond acceptors (Lipinski definition) is 2. The molecule has 1 amide bonds. The van der Waals surface area contributed by atoms with Gasteiger partial charge in [-0.3, -0.25) is 4.79 Å². The second-order valence-electron chi connectivity index (χ2n) is 4.91. The summed E-state index contributed by atoms with van der Waals surface area (Å²) in [7, 11) is 0. The molecule has 0 spiro atoms. The van der Waals surface area contributed by atoms with Crippen molar-refractivity contribution in [1.82, 2.24) is 5.32 Å². The lowest BCUT2D eigenvalue weighted by Gasteiger charge is -2.12. The molecule has 0 fully saturated rings. The Kier molecular flexibility index (Phi) is 4.77. The summed E-state index contributed by atoms with van der Waals surface area (Å²) in [5.74, 6) is -0.0609. The van der Waals surface area contributed by atoms with Crippen molar-refractivity contribution in [1.29, 1.82) is 0 Å². The first-order valence-electron chi connectivity index (χ1n) is 6.84. The lowest BCUT2D eigenvalue weighted by molar-refractivity contribution is -0.122. The highest BCUT2D eigenvalue weighted by Crippen LogP contribution is 2.14. The van der Waals surface area contributed by atoms with Gasteiger partial charge in [-0.2, -0.15) is 0 Å². The fourth-order valence-electron chi connectivity index (χ4n) is 2.06. The molecule has 2 rings (SSSR count). The number of carbonyl (C=O) groups excluding carboxylic acids is 1. The van der Waals surface area contributed by atoms with E-state index in [0.29, 0.717) is 6.54 Å². The lowest BCUT2D eigenvalue weighted by Crippen LogP contribution is -2.29. The largest absolute Gasteiger partial charge is 0.399 e. The highest BCUT2D eigenvalue weighted by atomic mass is 16.1. The van der Waals surface area contributed by atoms with Crippen molar-refractivity contribution >= 4 is 11.6 Å². The number of amides is 1. The summed E-state index contributed by atoms with van der Waals surface area (Å²) in [4.78, 5) is 12.1. The molecule has 2 aromatic carbocycles. The van der Waals surface area contributed by atoms with Gasteiger partial charge in [0.25, 0.3) is 0 Å². The van der Waals surface area contributed by atoms with Gasteiger partial charge < -0.3 is 11.1 Å². The molecule has 3 nitrogen and oxygen atoms in total. The van der Waals surface area contributed by atoms with E-state index in [-0.39, 0.29) is 11.8 Å². The predicted molar refractivity (Wildman–Crippen MR) is 82.4 cm³/mol. The van der Waals surface area contributed by atoms with Crippen molar-refractivity contribution in [2.24, 2.45) is 0 Å². The van der Waals surface area contributed by atoms with Crippen LogP contribution in [0.4, 0.5) is 5.69 Å². The summed E-state index contributed by atoms with van der Waals surface area (Å²) >= 11 is 0. The average molecular weight is 268 g/mol. The molecule has 2 aromatic rings. The number of nitrogens with two attached hydrogens (primary N) is 1.